The Hall–Kier alpha value is -2.33. The second-order valence-electron chi connectivity index (χ2n) is 6.21. The molecule has 0 saturated heterocycles. The molecule has 2 aromatic carbocycles. The summed E-state index contributed by atoms with van der Waals surface area (Å²) in [6, 6.07) is 17.2. The highest BCUT2D eigenvalue weighted by atomic mass is 16.5. The number of aryl methyl sites for hydroxylation is 1. The lowest BCUT2D eigenvalue weighted by molar-refractivity contribution is -0.125. The van der Waals surface area contributed by atoms with Gasteiger partial charge in [-0.05, 0) is 31.5 Å². The van der Waals surface area contributed by atoms with Crippen molar-refractivity contribution in [3.05, 3.63) is 65.7 Å². The molecular formula is C20H26N2O2. The van der Waals surface area contributed by atoms with Crippen molar-refractivity contribution in [2.75, 3.05) is 6.54 Å². The minimum atomic E-state index is -0.320. The van der Waals surface area contributed by atoms with Gasteiger partial charge in [0.25, 0.3) is 0 Å². The van der Waals surface area contributed by atoms with E-state index in [9.17, 15) is 4.79 Å². The number of nitrogens with two attached hydrogens (primary N) is 1. The van der Waals surface area contributed by atoms with Crippen molar-refractivity contribution in [3.8, 4) is 5.75 Å². The molecular weight excluding hydrogens is 300 g/mol. The van der Waals surface area contributed by atoms with Crippen molar-refractivity contribution in [1.29, 1.82) is 0 Å². The minimum Gasteiger partial charge on any atom is -0.489 e. The van der Waals surface area contributed by atoms with Gasteiger partial charge in [0.15, 0.2) is 0 Å². The summed E-state index contributed by atoms with van der Waals surface area (Å²) < 4.78 is 5.80. The summed E-state index contributed by atoms with van der Waals surface area (Å²) >= 11 is 0. The normalized spacial score (nSPS) is 14.5. The van der Waals surface area contributed by atoms with E-state index in [0.29, 0.717) is 6.54 Å². The summed E-state index contributed by atoms with van der Waals surface area (Å²) in [5.74, 6) is 0.432. The molecule has 3 N–H and O–H groups in total. The van der Waals surface area contributed by atoms with E-state index in [0.717, 1.165) is 11.3 Å². The van der Waals surface area contributed by atoms with E-state index in [1.165, 1.54) is 5.56 Å². The molecule has 3 unspecified atom stereocenters. The van der Waals surface area contributed by atoms with Crippen molar-refractivity contribution in [2.24, 2.45) is 11.7 Å². The zero-order chi connectivity index (χ0) is 17.5. The highest BCUT2D eigenvalue weighted by Crippen LogP contribution is 2.19. The third-order valence-corrected chi connectivity index (χ3v) is 4.06. The summed E-state index contributed by atoms with van der Waals surface area (Å²) in [6.07, 6.45) is -0.114. The molecule has 0 saturated carbocycles. The van der Waals surface area contributed by atoms with Gasteiger partial charge in [-0.2, -0.15) is 0 Å². The number of hydrogen-bond acceptors (Lipinski definition) is 3. The van der Waals surface area contributed by atoms with Gasteiger partial charge in [-0.15, -0.1) is 0 Å². The van der Waals surface area contributed by atoms with Crippen LogP contribution in [-0.4, -0.2) is 18.6 Å². The van der Waals surface area contributed by atoms with Crippen LogP contribution in [-0.2, 0) is 4.79 Å². The van der Waals surface area contributed by atoms with Crippen molar-refractivity contribution in [3.63, 3.8) is 0 Å². The molecule has 128 valence electrons. The Morgan fingerprint density at radius 1 is 1.08 bits per heavy atom. The number of benzene rings is 2. The number of nitrogens with one attached hydrogen (secondary N) is 1. The second-order valence-corrected chi connectivity index (χ2v) is 6.21. The first kappa shape index (κ1) is 18.0. The highest BCUT2D eigenvalue weighted by Gasteiger charge is 2.22. The maximum Gasteiger partial charge on any atom is 0.224 e. The van der Waals surface area contributed by atoms with E-state index >= 15 is 0 Å². The maximum atomic E-state index is 12.3. The van der Waals surface area contributed by atoms with Crippen molar-refractivity contribution in [2.45, 2.75) is 32.9 Å². The summed E-state index contributed by atoms with van der Waals surface area (Å²) in [5.41, 5.74) is 8.34. The Morgan fingerprint density at radius 3 is 2.33 bits per heavy atom. The van der Waals surface area contributed by atoms with Gasteiger partial charge in [0, 0.05) is 6.04 Å². The molecule has 1 amide bonds. The third kappa shape index (κ3) is 5.10. The third-order valence-electron chi connectivity index (χ3n) is 4.06. The van der Waals surface area contributed by atoms with E-state index in [1.54, 1.807) is 0 Å². The smallest absolute Gasteiger partial charge is 0.224 e. The lowest BCUT2D eigenvalue weighted by Gasteiger charge is -2.21. The Morgan fingerprint density at radius 2 is 1.71 bits per heavy atom. The van der Waals surface area contributed by atoms with Crippen molar-refractivity contribution in [1.82, 2.24) is 5.32 Å². The Bertz CT molecular complexity index is 640. The van der Waals surface area contributed by atoms with Gasteiger partial charge < -0.3 is 15.8 Å². The molecule has 0 aromatic heterocycles. The number of amides is 1. The summed E-state index contributed by atoms with van der Waals surface area (Å²) in [5, 5.41) is 2.92. The number of carbonyl (C=O) groups is 1. The van der Waals surface area contributed by atoms with Gasteiger partial charge in [-0.1, -0.05) is 55.0 Å². The second kappa shape index (κ2) is 8.50. The zero-order valence-corrected chi connectivity index (χ0v) is 14.5. The average Bonchev–Trinajstić information content (AvgIpc) is 2.61. The quantitative estimate of drug-likeness (QED) is 0.821. The highest BCUT2D eigenvalue weighted by molar-refractivity contribution is 5.79. The van der Waals surface area contributed by atoms with Crippen LogP contribution in [0.25, 0.3) is 0 Å². The lowest BCUT2D eigenvalue weighted by Crippen LogP contribution is -2.40. The number of hydrogen-bond donors (Lipinski definition) is 2. The number of rotatable bonds is 7. The van der Waals surface area contributed by atoms with Crippen LogP contribution in [0.2, 0.25) is 0 Å². The lowest BCUT2D eigenvalue weighted by atomic mass is 9.94. The fraction of sp³-hybridized carbons (Fsp3) is 0.350. The van der Waals surface area contributed by atoms with Crippen LogP contribution in [0.15, 0.2) is 54.6 Å². The molecule has 4 nitrogen and oxygen atoms in total. The molecule has 0 bridgehead atoms. The van der Waals surface area contributed by atoms with Crippen molar-refractivity contribution < 1.29 is 9.53 Å². The van der Waals surface area contributed by atoms with Gasteiger partial charge in [-0.25, -0.2) is 0 Å². The minimum absolute atomic E-state index is 0.0642. The largest absolute Gasteiger partial charge is 0.489 e. The molecule has 0 radical (unpaired) electrons. The molecule has 0 spiro atoms. The van der Waals surface area contributed by atoms with Gasteiger partial charge in [-0.3, -0.25) is 4.79 Å². The molecule has 0 fully saturated rings. The molecule has 0 aliphatic rings. The van der Waals surface area contributed by atoms with Crippen LogP contribution in [0.1, 0.15) is 31.0 Å². The van der Waals surface area contributed by atoms with Crippen LogP contribution in [0.4, 0.5) is 0 Å². The molecule has 2 rings (SSSR count). The summed E-state index contributed by atoms with van der Waals surface area (Å²) in [7, 11) is 0. The van der Waals surface area contributed by atoms with Crippen LogP contribution in [0, 0.1) is 12.8 Å². The van der Waals surface area contributed by atoms with E-state index in [1.807, 2.05) is 75.4 Å². The Kier molecular flexibility index (Phi) is 6.38. The first-order valence-corrected chi connectivity index (χ1v) is 8.29. The van der Waals surface area contributed by atoms with Crippen LogP contribution in [0.3, 0.4) is 0 Å². The van der Waals surface area contributed by atoms with E-state index in [2.05, 4.69) is 5.32 Å². The number of ether oxygens (including phenoxy) is 1. The Balaban J connectivity index is 1.82. The van der Waals surface area contributed by atoms with Crippen molar-refractivity contribution >= 4 is 5.91 Å². The van der Waals surface area contributed by atoms with Crippen LogP contribution in [0.5, 0.6) is 5.75 Å². The standard InChI is InChI=1S/C20H26N2O2/c1-14-9-11-18(12-10-14)24-15(2)13-22-20(23)16(3)19(21)17-7-5-4-6-8-17/h4-12,15-16,19H,13,21H2,1-3H3,(H,22,23). The predicted octanol–water partition coefficient (Wildman–Crippen LogP) is 3.21. The van der Waals surface area contributed by atoms with E-state index in [-0.39, 0.29) is 24.0 Å². The molecule has 0 aliphatic carbocycles. The summed E-state index contributed by atoms with van der Waals surface area (Å²) in [4.78, 5) is 12.3. The molecule has 4 heteroatoms. The fourth-order valence-electron chi connectivity index (χ4n) is 2.42. The van der Waals surface area contributed by atoms with E-state index in [4.69, 9.17) is 10.5 Å². The van der Waals surface area contributed by atoms with Gasteiger partial charge in [0.2, 0.25) is 5.91 Å². The zero-order valence-electron chi connectivity index (χ0n) is 14.5. The first-order valence-electron chi connectivity index (χ1n) is 8.29. The maximum absolute atomic E-state index is 12.3. The molecule has 0 heterocycles. The molecule has 24 heavy (non-hydrogen) atoms. The molecule has 2 aromatic rings. The average molecular weight is 326 g/mol. The Labute approximate surface area is 144 Å². The molecule has 0 aliphatic heterocycles. The van der Waals surface area contributed by atoms with Crippen LogP contribution < -0.4 is 15.8 Å². The predicted molar refractivity (Wildman–Crippen MR) is 96.8 cm³/mol. The van der Waals surface area contributed by atoms with Gasteiger partial charge >= 0.3 is 0 Å². The topological polar surface area (TPSA) is 64.3 Å². The van der Waals surface area contributed by atoms with E-state index < -0.39 is 0 Å². The summed E-state index contributed by atoms with van der Waals surface area (Å²) in [6.45, 7) is 6.25. The monoisotopic (exact) mass is 326 g/mol. The van der Waals surface area contributed by atoms with Gasteiger partial charge in [0.1, 0.15) is 11.9 Å². The van der Waals surface area contributed by atoms with Crippen LogP contribution >= 0.6 is 0 Å². The number of carbonyl (C=O) groups excluding carboxylic acids is 1. The fourth-order valence-corrected chi connectivity index (χ4v) is 2.42. The van der Waals surface area contributed by atoms with Gasteiger partial charge in [0.05, 0.1) is 12.5 Å². The first-order chi connectivity index (χ1) is 11.5. The molecule has 3 atom stereocenters. The SMILES string of the molecule is Cc1ccc(OC(C)CNC(=O)C(C)C(N)c2ccccc2)cc1.